The van der Waals surface area contributed by atoms with Gasteiger partial charge in [0.2, 0.25) is 5.91 Å². The molecule has 116 valence electrons. The van der Waals surface area contributed by atoms with E-state index in [1.807, 2.05) is 25.8 Å². The molecule has 21 heavy (non-hydrogen) atoms. The second-order valence-corrected chi connectivity index (χ2v) is 5.03. The summed E-state index contributed by atoms with van der Waals surface area (Å²) in [7, 11) is 3.49. The summed E-state index contributed by atoms with van der Waals surface area (Å²) in [5.41, 5.74) is 7.87. The monoisotopic (exact) mass is 292 g/mol. The van der Waals surface area contributed by atoms with Crippen molar-refractivity contribution in [1.82, 2.24) is 10.6 Å². The van der Waals surface area contributed by atoms with Crippen LogP contribution in [0.15, 0.2) is 18.2 Å². The number of rotatable bonds is 6. The predicted octanol–water partition coefficient (Wildman–Crippen LogP) is 0.837. The maximum absolute atomic E-state index is 11.8. The molecule has 1 rings (SSSR count). The number of benzene rings is 1. The number of nitrogens with zero attached hydrogens (tertiary/aromatic N) is 1. The molecule has 0 fully saturated rings. The van der Waals surface area contributed by atoms with Crippen LogP contribution in [0.3, 0.4) is 0 Å². The van der Waals surface area contributed by atoms with E-state index >= 15 is 0 Å². The van der Waals surface area contributed by atoms with E-state index in [1.54, 1.807) is 25.2 Å². The van der Waals surface area contributed by atoms with Gasteiger partial charge in [0.1, 0.15) is 0 Å². The van der Waals surface area contributed by atoms with Crippen molar-refractivity contribution >= 4 is 23.2 Å². The molecule has 1 unspecified atom stereocenters. The average Bonchev–Trinajstić information content (AvgIpc) is 2.46. The van der Waals surface area contributed by atoms with Crippen LogP contribution in [0.25, 0.3) is 0 Å². The number of carbonyl (C=O) groups excluding carboxylic acids is 2. The number of nitrogens with one attached hydrogen (secondary N) is 2. The molecule has 0 spiro atoms. The molecular formula is C15H24N4O2. The van der Waals surface area contributed by atoms with E-state index in [4.69, 9.17) is 5.73 Å². The molecule has 1 aromatic carbocycles. The number of anilines is 2. The van der Waals surface area contributed by atoms with Gasteiger partial charge in [-0.15, -0.1) is 0 Å². The van der Waals surface area contributed by atoms with E-state index in [2.05, 4.69) is 10.6 Å². The van der Waals surface area contributed by atoms with Gasteiger partial charge in [0.25, 0.3) is 5.91 Å². The Labute approximate surface area is 125 Å². The van der Waals surface area contributed by atoms with Crippen LogP contribution in [0.5, 0.6) is 0 Å². The van der Waals surface area contributed by atoms with Gasteiger partial charge < -0.3 is 21.3 Å². The van der Waals surface area contributed by atoms with E-state index in [-0.39, 0.29) is 17.7 Å². The van der Waals surface area contributed by atoms with Crippen molar-refractivity contribution in [3.05, 3.63) is 23.8 Å². The fraction of sp³-hybridized carbons (Fsp3) is 0.467. The van der Waals surface area contributed by atoms with Crippen molar-refractivity contribution in [2.45, 2.75) is 13.8 Å². The van der Waals surface area contributed by atoms with Gasteiger partial charge in [-0.05, 0) is 25.1 Å². The molecule has 1 aromatic rings. The first-order chi connectivity index (χ1) is 9.90. The fourth-order valence-electron chi connectivity index (χ4n) is 2.14. The van der Waals surface area contributed by atoms with Crippen LogP contribution in [0.4, 0.5) is 11.4 Å². The summed E-state index contributed by atoms with van der Waals surface area (Å²) in [6.07, 6.45) is 0. The van der Waals surface area contributed by atoms with Crippen molar-refractivity contribution < 1.29 is 9.59 Å². The van der Waals surface area contributed by atoms with Gasteiger partial charge in [0.05, 0.1) is 17.3 Å². The maximum Gasteiger partial charge on any atom is 0.251 e. The summed E-state index contributed by atoms with van der Waals surface area (Å²) in [6, 6.07) is 5.19. The first-order valence-corrected chi connectivity index (χ1v) is 7.01. The first kappa shape index (κ1) is 16.8. The van der Waals surface area contributed by atoms with E-state index in [9.17, 15) is 9.59 Å². The summed E-state index contributed by atoms with van der Waals surface area (Å²) in [5, 5.41) is 5.36. The highest BCUT2D eigenvalue weighted by atomic mass is 16.2. The number of nitrogen functional groups attached to an aromatic ring is 1. The molecule has 0 aliphatic carbocycles. The molecule has 0 aliphatic rings. The van der Waals surface area contributed by atoms with Crippen LogP contribution < -0.4 is 21.3 Å². The minimum Gasteiger partial charge on any atom is -0.397 e. The van der Waals surface area contributed by atoms with Crippen LogP contribution in [0.2, 0.25) is 0 Å². The van der Waals surface area contributed by atoms with Gasteiger partial charge in [-0.1, -0.05) is 6.92 Å². The molecule has 6 heteroatoms. The minimum atomic E-state index is -0.150. The predicted molar refractivity (Wildman–Crippen MR) is 85.4 cm³/mol. The zero-order chi connectivity index (χ0) is 16.0. The largest absolute Gasteiger partial charge is 0.397 e. The van der Waals surface area contributed by atoms with Gasteiger partial charge in [-0.2, -0.15) is 0 Å². The second kappa shape index (κ2) is 7.52. The van der Waals surface area contributed by atoms with Gasteiger partial charge in [0, 0.05) is 32.7 Å². The smallest absolute Gasteiger partial charge is 0.251 e. The molecule has 0 saturated carbocycles. The van der Waals surface area contributed by atoms with E-state index in [0.717, 1.165) is 5.69 Å². The number of hydrogen-bond acceptors (Lipinski definition) is 4. The summed E-state index contributed by atoms with van der Waals surface area (Å²) in [4.78, 5) is 25.2. The third kappa shape index (κ3) is 4.37. The maximum atomic E-state index is 11.8. The molecule has 0 aromatic heterocycles. The summed E-state index contributed by atoms with van der Waals surface area (Å²) in [6.45, 7) is 4.84. The Morgan fingerprint density at radius 2 is 2.05 bits per heavy atom. The van der Waals surface area contributed by atoms with E-state index in [0.29, 0.717) is 24.3 Å². The third-order valence-electron chi connectivity index (χ3n) is 3.28. The number of amides is 2. The SMILES string of the molecule is CCNC(=O)c1ccc(N(C)CC(C)C(=O)NC)c(N)c1. The van der Waals surface area contributed by atoms with Crippen molar-refractivity contribution in [2.75, 3.05) is 37.8 Å². The molecule has 0 aliphatic heterocycles. The van der Waals surface area contributed by atoms with Gasteiger partial charge in [-0.3, -0.25) is 9.59 Å². The Bertz CT molecular complexity index is 516. The highest BCUT2D eigenvalue weighted by Crippen LogP contribution is 2.24. The molecule has 0 saturated heterocycles. The zero-order valence-electron chi connectivity index (χ0n) is 13.1. The number of carbonyl (C=O) groups is 2. The summed E-state index contributed by atoms with van der Waals surface area (Å²) < 4.78 is 0. The van der Waals surface area contributed by atoms with Gasteiger partial charge in [0.15, 0.2) is 0 Å². The van der Waals surface area contributed by atoms with Crippen molar-refractivity contribution in [3.63, 3.8) is 0 Å². The third-order valence-corrected chi connectivity index (χ3v) is 3.28. The van der Waals surface area contributed by atoms with Gasteiger partial charge >= 0.3 is 0 Å². The van der Waals surface area contributed by atoms with Crippen LogP contribution in [-0.4, -0.2) is 39.0 Å². The standard InChI is InChI=1S/C15H24N4O2/c1-5-18-15(21)11-6-7-13(12(16)8-11)19(4)9-10(2)14(20)17-3/h6-8,10H,5,9,16H2,1-4H3,(H,17,20)(H,18,21). The molecule has 2 amide bonds. The molecule has 6 nitrogen and oxygen atoms in total. The Balaban J connectivity index is 2.84. The molecule has 0 radical (unpaired) electrons. The summed E-state index contributed by atoms with van der Waals surface area (Å²) in [5.74, 6) is -0.307. The summed E-state index contributed by atoms with van der Waals surface area (Å²) >= 11 is 0. The Morgan fingerprint density at radius 3 is 2.57 bits per heavy atom. The van der Waals surface area contributed by atoms with E-state index in [1.165, 1.54) is 0 Å². The fourth-order valence-corrected chi connectivity index (χ4v) is 2.14. The van der Waals surface area contributed by atoms with Gasteiger partial charge in [-0.25, -0.2) is 0 Å². The average molecular weight is 292 g/mol. The first-order valence-electron chi connectivity index (χ1n) is 7.01. The molecular weight excluding hydrogens is 268 g/mol. The molecule has 4 N–H and O–H groups in total. The molecule has 0 heterocycles. The second-order valence-electron chi connectivity index (χ2n) is 5.03. The lowest BCUT2D eigenvalue weighted by Gasteiger charge is -2.24. The van der Waals surface area contributed by atoms with Crippen molar-refractivity contribution in [3.8, 4) is 0 Å². The number of nitrogens with two attached hydrogens (primary N) is 1. The highest BCUT2D eigenvalue weighted by Gasteiger charge is 2.16. The Hall–Kier alpha value is -2.24. The lowest BCUT2D eigenvalue weighted by Crippen LogP contribution is -2.34. The topological polar surface area (TPSA) is 87.5 Å². The van der Waals surface area contributed by atoms with Crippen LogP contribution in [-0.2, 0) is 4.79 Å². The Morgan fingerprint density at radius 1 is 1.38 bits per heavy atom. The Kier molecular flexibility index (Phi) is 6.02. The molecule has 1 atom stereocenters. The highest BCUT2D eigenvalue weighted by molar-refractivity contribution is 5.96. The molecule has 0 bridgehead atoms. The van der Waals surface area contributed by atoms with E-state index < -0.39 is 0 Å². The van der Waals surface area contributed by atoms with Crippen molar-refractivity contribution in [1.29, 1.82) is 0 Å². The van der Waals surface area contributed by atoms with Crippen LogP contribution >= 0.6 is 0 Å². The minimum absolute atomic E-state index is 0.0145. The van der Waals surface area contributed by atoms with Crippen LogP contribution in [0, 0.1) is 5.92 Å². The van der Waals surface area contributed by atoms with Crippen molar-refractivity contribution in [2.24, 2.45) is 5.92 Å². The quantitative estimate of drug-likeness (QED) is 0.678. The number of hydrogen-bond donors (Lipinski definition) is 3. The zero-order valence-corrected chi connectivity index (χ0v) is 13.1. The lowest BCUT2D eigenvalue weighted by molar-refractivity contribution is -0.123. The normalized spacial score (nSPS) is 11.6. The van der Waals surface area contributed by atoms with Crippen LogP contribution in [0.1, 0.15) is 24.2 Å². The lowest BCUT2D eigenvalue weighted by atomic mass is 10.1.